The molecule has 0 saturated heterocycles. The number of amides is 1. The monoisotopic (exact) mass is 771 g/mol. The van der Waals surface area contributed by atoms with Crippen molar-refractivity contribution >= 4 is 81.2 Å². The Morgan fingerprint density at radius 1 is 0.787 bits per heavy atom. The van der Waals surface area contributed by atoms with Crippen LogP contribution in [-0.4, -0.2) is 39.8 Å². The Bertz CT molecular complexity index is 1780. The van der Waals surface area contributed by atoms with Crippen LogP contribution in [0.2, 0.25) is 15.1 Å². The lowest BCUT2D eigenvalue weighted by atomic mass is 9.95. The standard InChI is InChI=1S/C29H15Cl5F9NO3/c30-16-5-3-13(44-25(47)23-22(26(23,33)34)11-1-4-17(31)18(32)7-11)9-14(16)20(45)8-12-2-6-19(35)15(24(12)36)10-21(46)27(37,38)28(39,40)29(41,42)43/h1-7,9,22-23H,8,10H2,(H,44,47)/t22-,23+/m0/s1. The summed E-state index contributed by atoms with van der Waals surface area (Å²) >= 11 is 30.7. The molecule has 18 heteroatoms. The lowest BCUT2D eigenvalue weighted by molar-refractivity contribution is -0.343. The van der Waals surface area contributed by atoms with E-state index in [9.17, 15) is 49.5 Å². The maximum Gasteiger partial charge on any atom is 0.460 e. The summed E-state index contributed by atoms with van der Waals surface area (Å²) in [7, 11) is 0. The molecule has 0 aromatic heterocycles. The van der Waals surface area contributed by atoms with Gasteiger partial charge in [-0.2, -0.15) is 30.7 Å². The molecular weight excluding hydrogens is 759 g/mol. The first-order valence-electron chi connectivity index (χ1n) is 12.8. The predicted molar refractivity (Wildman–Crippen MR) is 156 cm³/mol. The van der Waals surface area contributed by atoms with E-state index in [1.807, 2.05) is 0 Å². The Morgan fingerprint density at radius 2 is 1.40 bits per heavy atom. The van der Waals surface area contributed by atoms with Gasteiger partial charge in [-0.15, -0.1) is 23.2 Å². The number of alkyl halides is 9. The van der Waals surface area contributed by atoms with Crippen LogP contribution in [0.4, 0.5) is 45.2 Å². The van der Waals surface area contributed by atoms with Crippen molar-refractivity contribution in [1.82, 2.24) is 0 Å². The summed E-state index contributed by atoms with van der Waals surface area (Å²) in [6.45, 7) is 0. The number of halogens is 14. The first-order valence-corrected chi connectivity index (χ1v) is 14.7. The Balaban J connectivity index is 1.52. The van der Waals surface area contributed by atoms with Crippen LogP contribution in [0.3, 0.4) is 0 Å². The van der Waals surface area contributed by atoms with Crippen molar-refractivity contribution < 1.29 is 53.9 Å². The van der Waals surface area contributed by atoms with Crippen LogP contribution in [-0.2, 0) is 22.4 Å². The Hall–Kier alpha value is -2.71. The number of hydrogen-bond donors (Lipinski definition) is 1. The highest BCUT2D eigenvalue weighted by molar-refractivity contribution is 6.53. The average Bonchev–Trinajstić information content (AvgIpc) is 3.55. The van der Waals surface area contributed by atoms with Crippen LogP contribution in [0.5, 0.6) is 0 Å². The molecule has 0 heterocycles. The van der Waals surface area contributed by atoms with Crippen molar-refractivity contribution in [3.63, 3.8) is 0 Å². The number of hydrogen-bond acceptors (Lipinski definition) is 3. The smallest absolute Gasteiger partial charge is 0.326 e. The molecule has 1 aliphatic carbocycles. The van der Waals surface area contributed by atoms with Gasteiger partial charge in [-0.05, 0) is 47.5 Å². The fourth-order valence-electron chi connectivity index (χ4n) is 4.65. The minimum atomic E-state index is -6.85. The second kappa shape index (κ2) is 13.0. The van der Waals surface area contributed by atoms with Crippen molar-refractivity contribution in [2.45, 2.75) is 41.1 Å². The largest absolute Gasteiger partial charge is 0.460 e. The molecule has 3 aromatic rings. The molecule has 1 fully saturated rings. The fourth-order valence-corrected chi connectivity index (χ4v) is 6.01. The van der Waals surface area contributed by atoms with Crippen LogP contribution in [0, 0.1) is 17.6 Å². The molecule has 4 rings (SSSR count). The second-order valence-electron chi connectivity index (χ2n) is 10.3. The number of Topliss-reactive ketones (excluding diaryl/α,β-unsaturated/α-hetero) is 2. The van der Waals surface area contributed by atoms with E-state index in [0.717, 1.165) is 6.07 Å². The normalized spacial score (nSPS) is 17.7. The van der Waals surface area contributed by atoms with Crippen molar-refractivity contribution in [2.24, 2.45) is 5.92 Å². The van der Waals surface area contributed by atoms with Gasteiger partial charge in [0.1, 0.15) is 16.0 Å². The maximum absolute atomic E-state index is 15.1. The molecule has 2 atom stereocenters. The summed E-state index contributed by atoms with van der Waals surface area (Å²) < 4.78 is 119. The summed E-state index contributed by atoms with van der Waals surface area (Å²) in [5.74, 6) is -23.2. The zero-order chi connectivity index (χ0) is 35.4. The lowest BCUT2D eigenvalue weighted by Crippen LogP contribution is -2.56. The van der Waals surface area contributed by atoms with E-state index in [1.54, 1.807) is 6.07 Å². The summed E-state index contributed by atoms with van der Waals surface area (Å²) in [6.07, 6.45) is -10.0. The number of anilines is 1. The van der Waals surface area contributed by atoms with E-state index in [0.29, 0.717) is 17.7 Å². The molecule has 0 spiro atoms. The Morgan fingerprint density at radius 3 is 2.00 bits per heavy atom. The van der Waals surface area contributed by atoms with Gasteiger partial charge in [0.25, 0.3) is 0 Å². The topological polar surface area (TPSA) is 63.2 Å². The number of nitrogens with one attached hydrogen (secondary N) is 1. The zero-order valence-electron chi connectivity index (χ0n) is 22.7. The average molecular weight is 774 g/mol. The van der Waals surface area contributed by atoms with Gasteiger partial charge in [0.2, 0.25) is 11.7 Å². The van der Waals surface area contributed by atoms with E-state index in [-0.39, 0.29) is 26.3 Å². The Kier molecular flexibility index (Phi) is 10.2. The van der Waals surface area contributed by atoms with Gasteiger partial charge in [0, 0.05) is 35.6 Å². The number of ketones is 2. The third-order valence-corrected chi connectivity index (χ3v) is 9.24. The van der Waals surface area contributed by atoms with Gasteiger partial charge in [0.15, 0.2) is 5.78 Å². The van der Waals surface area contributed by atoms with Crippen LogP contribution in [0.1, 0.15) is 33.0 Å². The van der Waals surface area contributed by atoms with Crippen LogP contribution in [0.25, 0.3) is 0 Å². The molecule has 0 unspecified atom stereocenters. The maximum atomic E-state index is 15.1. The lowest BCUT2D eigenvalue weighted by Gasteiger charge is -2.27. The predicted octanol–water partition coefficient (Wildman–Crippen LogP) is 9.82. The fraction of sp³-hybridized carbons (Fsp3) is 0.276. The van der Waals surface area contributed by atoms with Gasteiger partial charge in [-0.3, -0.25) is 14.4 Å². The molecule has 1 saturated carbocycles. The molecule has 3 aromatic carbocycles. The van der Waals surface area contributed by atoms with Crippen molar-refractivity contribution in [2.75, 3.05) is 5.32 Å². The molecule has 0 radical (unpaired) electrons. The Labute approximate surface area is 284 Å². The van der Waals surface area contributed by atoms with E-state index in [2.05, 4.69) is 5.32 Å². The van der Waals surface area contributed by atoms with E-state index < -0.39 is 87.3 Å². The van der Waals surface area contributed by atoms with E-state index in [4.69, 9.17) is 58.0 Å². The summed E-state index contributed by atoms with van der Waals surface area (Å²) in [4.78, 5) is 37.9. The summed E-state index contributed by atoms with van der Waals surface area (Å²) in [5, 5.41) is 2.73. The van der Waals surface area contributed by atoms with Crippen LogP contribution in [0.15, 0.2) is 48.5 Å². The minimum Gasteiger partial charge on any atom is -0.326 e. The van der Waals surface area contributed by atoms with Gasteiger partial charge in [-0.1, -0.05) is 46.9 Å². The minimum absolute atomic E-state index is 0.00893. The van der Waals surface area contributed by atoms with E-state index in [1.165, 1.54) is 24.3 Å². The molecule has 252 valence electrons. The molecule has 0 aliphatic heterocycles. The molecule has 1 aliphatic rings. The molecule has 1 amide bonds. The van der Waals surface area contributed by atoms with Crippen molar-refractivity contribution in [3.05, 3.63) is 97.5 Å². The zero-order valence-corrected chi connectivity index (χ0v) is 26.5. The molecule has 4 nitrogen and oxygen atoms in total. The highest BCUT2D eigenvalue weighted by Gasteiger charge is 2.75. The highest BCUT2D eigenvalue weighted by Crippen LogP contribution is 2.65. The first kappa shape index (κ1) is 37.1. The molecule has 47 heavy (non-hydrogen) atoms. The number of benzene rings is 3. The van der Waals surface area contributed by atoms with Crippen molar-refractivity contribution in [1.29, 1.82) is 0 Å². The first-order chi connectivity index (χ1) is 21.5. The molecule has 1 N–H and O–H groups in total. The van der Waals surface area contributed by atoms with Gasteiger partial charge >= 0.3 is 18.0 Å². The van der Waals surface area contributed by atoms with Gasteiger partial charge < -0.3 is 5.32 Å². The number of carbonyl (C=O) groups excluding carboxylic acids is 3. The van der Waals surface area contributed by atoms with Gasteiger partial charge in [-0.25, -0.2) is 8.78 Å². The highest BCUT2D eigenvalue weighted by atomic mass is 35.5. The molecule has 0 bridgehead atoms. The summed E-state index contributed by atoms with van der Waals surface area (Å²) in [5.41, 5.74) is -2.15. The quantitative estimate of drug-likeness (QED) is 0.127. The van der Waals surface area contributed by atoms with Crippen LogP contribution < -0.4 is 5.32 Å². The molecular formula is C29H15Cl5F9NO3. The summed E-state index contributed by atoms with van der Waals surface area (Å²) in [6, 6.07) is 9.15. The van der Waals surface area contributed by atoms with Gasteiger partial charge in [0.05, 0.1) is 21.0 Å². The second-order valence-corrected chi connectivity index (χ2v) is 13.0. The number of rotatable bonds is 10. The third-order valence-electron chi connectivity index (χ3n) is 7.23. The van der Waals surface area contributed by atoms with Crippen molar-refractivity contribution in [3.8, 4) is 0 Å². The number of carbonyl (C=O) groups is 3. The SMILES string of the molecule is O=C(Cc1ccc(F)c(CC(=O)C(F)(F)C(F)(F)C(F)(F)F)c1F)c1cc(NC(=O)[C@H]2[C@H](c3ccc(Cl)c(Cl)c3)C2(Cl)Cl)ccc1Cl. The van der Waals surface area contributed by atoms with E-state index >= 15 is 4.39 Å². The van der Waals surface area contributed by atoms with Crippen LogP contribution >= 0.6 is 58.0 Å². The third kappa shape index (κ3) is 7.05.